The van der Waals surface area contributed by atoms with Gasteiger partial charge in [-0.05, 0) is 30.2 Å². The second-order valence-corrected chi connectivity index (χ2v) is 7.75. The average molecular weight is 439 g/mol. The van der Waals surface area contributed by atoms with Gasteiger partial charge in [0.2, 0.25) is 0 Å². The molecule has 2 N–H and O–H groups in total. The van der Waals surface area contributed by atoms with Crippen LogP contribution in [0.4, 0.5) is 0 Å². The van der Waals surface area contributed by atoms with Gasteiger partial charge in [-0.3, -0.25) is 0 Å². The van der Waals surface area contributed by atoms with Gasteiger partial charge in [0, 0.05) is 30.9 Å². The molecule has 0 aliphatic heterocycles. The summed E-state index contributed by atoms with van der Waals surface area (Å²) in [5.41, 5.74) is 3.68. The van der Waals surface area contributed by atoms with Crippen molar-refractivity contribution in [3.05, 3.63) is 76.6 Å². The number of benzene rings is 1. The maximum Gasteiger partial charge on any atom is 0.336 e. The van der Waals surface area contributed by atoms with Gasteiger partial charge >= 0.3 is 5.97 Å². The molecular formula is C23H23ClN4O3. The Bertz CT molecular complexity index is 1250. The van der Waals surface area contributed by atoms with E-state index >= 15 is 0 Å². The van der Waals surface area contributed by atoms with Gasteiger partial charge in [0.1, 0.15) is 11.5 Å². The molecule has 3 aromatic heterocycles. The quantitative estimate of drug-likeness (QED) is 0.424. The highest BCUT2D eigenvalue weighted by Crippen LogP contribution is 2.25. The fourth-order valence-corrected chi connectivity index (χ4v) is 3.96. The molecule has 1 aromatic carbocycles. The summed E-state index contributed by atoms with van der Waals surface area (Å²) in [6.45, 7) is 2.45. The zero-order valence-corrected chi connectivity index (χ0v) is 17.9. The lowest BCUT2D eigenvalue weighted by molar-refractivity contribution is 0.0697. The number of aromatic carboxylic acids is 1. The van der Waals surface area contributed by atoms with E-state index in [2.05, 4.69) is 16.9 Å². The monoisotopic (exact) mass is 438 g/mol. The second-order valence-electron chi connectivity index (χ2n) is 7.39. The Morgan fingerprint density at radius 3 is 2.74 bits per heavy atom. The molecule has 0 bridgehead atoms. The van der Waals surface area contributed by atoms with Crippen molar-refractivity contribution in [1.29, 1.82) is 0 Å². The van der Waals surface area contributed by atoms with Gasteiger partial charge in [-0.15, -0.1) is 0 Å². The van der Waals surface area contributed by atoms with Gasteiger partial charge in [-0.1, -0.05) is 43.1 Å². The Morgan fingerprint density at radius 1 is 1.19 bits per heavy atom. The van der Waals surface area contributed by atoms with Crippen molar-refractivity contribution in [2.24, 2.45) is 0 Å². The summed E-state index contributed by atoms with van der Waals surface area (Å²) in [6, 6.07) is 10.8. The van der Waals surface area contributed by atoms with E-state index in [1.165, 1.54) is 0 Å². The van der Waals surface area contributed by atoms with Gasteiger partial charge in [-0.2, -0.15) is 0 Å². The summed E-state index contributed by atoms with van der Waals surface area (Å²) in [6.07, 6.45) is 6.54. The van der Waals surface area contributed by atoms with Crippen molar-refractivity contribution < 1.29 is 15.0 Å². The molecular weight excluding hydrogens is 416 g/mol. The Balaban J connectivity index is 1.70. The second kappa shape index (κ2) is 8.91. The first kappa shape index (κ1) is 21.1. The van der Waals surface area contributed by atoms with Crippen LogP contribution < -0.4 is 0 Å². The molecule has 0 aliphatic rings. The number of nitrogens with zero attached hydrogens (tertiary/aromatic N) is 4. The molecule has 0 atom stereocenters. The van der Waals surface area contributed by atoms with E-state index in [0.29, 0.717) is 34.3 Å². The van der Waals surface area contributed by atoms with Crippen LogP contribution in [0.15, 0.2) is 48.8 Å². The van der Waals surface area contributed by atoms with Crippen LogP contribution in [0.2, 0.25) is 5.15 Å². The average Bonchev–Trinajstić information content (AvgIpc) is 3.32. The van der Waals surface area contributed by atoms with Crippen molar-refractivity contribution >= 4 is 23.2 Å². The van der Waals surface area contributed by atoms with Crippen molar-refractivity contribution in [2.45, 2.75) is 39.3 Å². The SMILES string of the molecule is CCCCc1nc(Cl)c(CO)n1Cc1ccn2cc(-c3ccccc3C(=O)O)nc2c1. The number of fused-ring (bicyclic) bond motifs is 1. The third-order valence-corrected chi connectivity index (χ3v) is 5.61. The fraction of sp³-hybridized carbons (Fsp3) is 0.261. The number of pyridine rings is 1. The molecule has 0 amide bonds. The largest absolute Gasteiger partial charge is 0.478 e. The van der Waals surface area contributed by atoms with Crippen LogP contribution in [0.25, 0.3) is 16.9 Å². The van der Waals surface area contributed by atoms with Gasteiger partial charge in [0.25, 0.3) is 0 Å². The molecule has 0 unspecified atom stereocenters. The van der Waals surface area contributed by atoms with E-state index in [9.17, 15) is 15.0 Å². The molecule has 0 spiro atoms. The fourth-order valence-electron chi connectivity index (χ4n) is 3.70. The van der Waals surface area contributed by atoms with Crippen molar-refractivity contribution in [3.8, 4) is 11.3 Å². The predicted octanol–water partition coefficient (Wildman–Crippen LogP) is 4.43. The van der Waals surface area contributed by atoms with Gasteiger partial charge < -0.3 is 19.2 Å². The molecule has 0 saturated carbocycles. The van der Waals surface area contributed by atoms with Gasteiger partial charge in [-0.25, -0.2) is 14.8 Å². The first-order valence-electron chi connectivity index (χ1n) is 10.2. The number of aliphatic hydroxyl groups is 1. The van der Waals surface area contributed by atoms with Crippen LogP contribution in [0.5, 0.6) is 0 Å². The molecule has 7 nitrogen and oxygen atoms in total. The first-order chi connectivity index (χ1) is 15.0. The van der Waals surface area contributed by atoms with Crippen molar-refractivity contribution in [3.63, 3.8) is 0 Å². The molecule has 4 rings (SSSR count). The summed E-state index contributed by atoms with van der Waals surface area (Å²) in [5.74, 6) is -0.128. The van der Waals surface area contributed by atoms with Crippen molar-refractivity contribution in [2.75, 3.05) is 0 Å². The number of halogens is 1. The van der Waals surface area contributed by atoms with Crippen LogP contribution in [0.3, 0.4) is 0 Å². The molecule has 3 heterocycles. The highest BCUT2D eigenvalue weighted by molar-refractivity contribution is 6.30. The number of carbonyl (C=O) groups is 1. The van der Waals surface area contributed by atoms with Crippen molar-refractivity contribution in [1.82, 2.24) is 18.9 Å². The van der Waals surface area contributed by atoms with Crippen LogP contribution in [-0.4, -0.2) is 35.1 Å². The number of aryl methyl sites for hydroxylation is 1. The number of aromatic nitrogens is 4. The molecule has 0 fully saturated rings. The third-order valence-electron chi connectivity index (χ3n) is 5.31. The minimum Gasteiger partial charge on any atom is -0.478 e. The number of hydrogen-bond donors (Lipinski definition) is 2. The Hall–Kier alpha value is -3.16. The van der Waals surface area contributed by atoms with E-state index in [4.69, 9.17) is 11.6 Å². The summed E-state index contributed by atoms with van der Waals surface area (Å²) < 4.78 is 3.83. The third kappa shape index (κ3) is 4.19. The number of aliphatic hydroxyl groups excluding tert-OH is 1. The van der Waals surface area contributed by atoms with Crippen LogP contribution in [0.1, 0.15) is 47.2 Å². The van der Waals surface area contributed by atoms with E-state index < -0.39 is 5.97 Å². The first-order valence-corrected chi connectivity index (χ1v) is 10.5. The zero-order chi connectivity index (χ0) is 22.0. The summed E-state index contributed by atoms with van der Waals surface area (Å²) in [4.78, 5) is 20.6. The standard InChI is InChI=1S/C23H23ClN4O3/c1-2-3-8-20-26-22(24)19(14-29)28(20)12-15-9-10-27-13-18(25-21(27)11-15)16-6-4-5-7-17(16)23(30)31/h4-7,9-11,13,29H,2-3,8,12,14H2,1H3,(H,30,31). The number of hydrogen-bond acceptors (Lipinski definition) is 4. The summed E-state index contributed by atoms with van der Waals surface area (Å²) in [5, 5.41) is 19.6. The number of unbranched alkanes of at least 4 members (excludes halogenated alkanes) is 1. The van der Waals surface area contributed by atoms with Gasteiger partial charge in [0.15, 0.2) is 5.15 Å². The topological polar surface area (TPSA) is 92.7 Å². The normalized spacial score (nSPS) is 11.3. The highest BCUT2D eigenvalue weighted by atomic mass is 35.5. The molecule has 4 aromatic rings. The molecule has 0 saturated heterocycles. The molecule has 0 radical (unpaired) electrons. The zero-order valence-electron chi connectivity index (χ0n) is 17.1. The lowest BCUT2D eigenvalue weighted by Crippen LogP contribution is -2.09. The molecule has 8 heteroatoms. The van der Waals surface area contributed by atoms with Crippen LogP contribution in [0, 0.1) is 0 Å². The van der Waals surface area contributed by atoms with Gasteiger partial charge in [0.05, 0.1) is 23.6 Å². The van der Waals surface area contributed by atoms with Crippen LogP contribution >= 0.6 is 11.6 Å². The highest BCUT2D eigenvalue weighted by Gasteiger charge is 2.17. The number of rotatable bonds is 8. The van der Waals surface area contributed by atoms with E-state index in [-0.39, 0.29) is 12.2 Å². The summed E-state index contributed by atoms with van der Waals surface area (Å²) >= 11 is 6.25. The Labute approximate surface area is 184 Å². The predicted molar refractivity (Wildman–Crippen MR) is 118 cm³/mol. The lowest BCUT2D eigenvalue weighted by atomic mass is 10.1. The number of imidazole rings is 2. The van der Waals surface area contributed by atoms with E-state index in [1.807, 2.05) is 33.5 Å². The molecule has 160 valence electrons. The Morgan fingerprint density at radius 2 is 2.00 bits per heavy atom. The minimum absolute atomic E-state index is 0.181. The van der Waals surface area contributed by atoms with E-state index in [1.54, 1.807) is 24.3 Å². The number of carboxylic acid groups (broad SMARTS) is 1. The minimum atomic E-state index is -0.985. The summed E-state index contributed by atoms with van der Waals surface area (Å²) in [7, 11) is 0. The number of carboxylic acids is 1. The van der Waals surface area contributed by atoms with E-state index in [0.717, 1.165) is 30.7 Å². The molecule has 31 heavy (non-hydrogen) atoms. The Kier molecular flexibility index (Phi) is 6.06. The van der Waals surface area contributed by atoms with Crippen LogP contribution in [-0.2, 0) is 19.6 Å². The smallest absolute Gasteiger partial charge is 0.336 e. The maximum absolute atomic E-state index is 11.6. The lowest BCUT2D eigenvalue weighted by Gasteiger charge is -2.11. The maximum atomic E-state index is 11.6. The molecule has 0 aliphatic carbocycles.